The minimum absolute atomic E-state index is 0.182. The fourth-order valence-electron chi connectivity index (χ4n) is 4.73. The number of aliphatic hydroxyl groups is 8. The number of carbonyl (C=O) groups is 1. The van der Waals surface area contributed by atoms with Crippen LogP contribution in [0.15, 0.2) is 0 Å². The van der Waals surface area contributed by atoms with Gasteiger partial charge in [0.1, 0.15) is 67.1 Å². The lowest BCUT2D eigenvalue weighted by Crippen LogP contribution is -2.68. The molecule has 0 aromatic heterocycles. The quantitative estimate of drug-likeness (QED) is 0.119. The maximum Gasteiger partial charge on any atom is 0.217 e. The summed E-state index contributed by atoms with van der Waals surface area (Å²) in [5.41, 5.74) is 0. The highest BCUT2D eigenvalue weighted by Gasteiger charge is 2.54. The molecule has 39 heavy (non-hydrogen) atoms. The molecule has 0 saturated carbocycles. The van der Waals surface area contributed by atoms with Crippen LogP contribution in [0.25, 0.3) is 0 Å². The van der Waals surface area contributed by atoms with Gasteiger partial charge >= 0.3 is 0 Å². The molecule has 7 unspecified atom stereocenters. The summed E-state index contributed by atoms with van der Waals surface area (Å²) in [5.74, 6) is -0.590. The summed E-state index contributed by atoms with van der Waals surface area (Å²) in [6, 6.07) is -1.34. The van der Waals surface area contributed by atoms with Crippen molar-refractivity contribution in [3.05, 3.63) is 0 Å². The van der Waals surface area contributed by atoms with Crippen molar-refractivity contribution in [2.75, 3.05) is 19.8 Å². The van der Waals surface area contributed by atoms with Crippen molar-refractivity contribution in [3.63, 3.8) is 0 Å². The van der Waals surface area contributed by atoms with Crippen LogP contribution in [0.4, 0.5) is 0 Å². The standard InChI is InChI=1S/C23H41NO15/c1-4-5-34-23-20(39-21-12(24-9(3)27)16(31)14(29)10(6-25)36-21)19(13(28)8(2)35-23)38-22-18(33)17(32)15(30)11(7-26)37-22/h8,10-23,25-26,28-33H,4-7H2,1-3H3,(H,24,27)/t8?,10?,11?,12?,13-,14+,15+,16+,17?,18?,19?,20-,21-,22+,23+/m0/s1. The summed E-state index contributed by atoms with van der Waals surface area (Å²) in [6.45, 7) is 3.29. The number of ether oxygens (including phenoxy) is 6. The van der Waals surface area contributed by atoms with Gasteiger partial charge in [0.05, 0.1) is 19.3 Å². The monoisotopic (exact) mass is 571 g/mol. The van der Waals surface area contributed by atoms with E-state index in [1.165, 1.54) is 13.8 Å². The van der Waals surface area contributed by atoms with Crippen LogP contribution >= 0.6 is 0 Å². The summed E-state index contributed by atoms with van der Waals surface area (Å²) in [7, 11) is 0. The zero-order chi connectivity index (χ0) is 29.0. The van der Waals surface area contributed by atoms with Gasteiger partial charge in [0.15, 0.2) is 18.9 Å². The minimum Gasteiger partial charge on any atom is -0.394 e. The van der Waals surface area contributed by atoms with Gasteiger partial charge in [-0.15, -0.1) is 0 Å². The van der Waals surface area contributed by atoms with Crippen LogP contribution in [0, 0.1) is 0 Å². The Morgan fingerprint density at radius 3 is 1.87 bits per heavy atom. The van der Waals surface area contributed by atoms with Crippen molar-refractivity contribution in [3.8, 4) is 0 Å². The van der Waals surface area contributed by atoms with Gasteiger partial charge in [-0.2, -0.15) is 0 Å². The van der Waals surface area contributed by atoms with Crippen LogP contribution in [-0.2, 0) is 33.2 Å². The molecule has 3 fully saturated rings. The molecule has 3 saturated heterocycles. The smallest absolute Gasteiger partial charge is 0.217 e. The first-order valence-electron chi connectivity index (χ1n) is 12.9. The van der Waals surface area contributed by atoms with Crippen molar-refractivity contribution in [1.82, 2.24) is 5.32 Å². The second-order valence-corrected chi connectivity index (χ2v) is 9.90. The second kappa shape index (κ2) is 14.2. The van der Waals surface area contributed by atoms with Crippen molar-refractivity contribution in [1.29, 1.82) is 0 Å². The lowest BCUT2D eigenvalue weighted by molar-refractivity contribution is -0.383. The highest BCUT2D eigenvalue weighted by molar-refractivity contribution is 5.73. The third-order valence-electron chi connectivity index (χ3n) is 6.93. The van der Waals surface area contributed by atoms with Gasteiger partial charge < -0.3 is 74.6 Å². The van der Waals surface area contributed by atoms with E-state index >= 15 is 0 Å². The number of nitrogens with one attached hydrogen (secondary N) is 1. The number of hydrogen-bond donors (Lipinski definition) is 9. The predicted molar refractivity (Wildman–Crippen MR) is 125 cm³/mol. The van der Waals surface area contributed by atoms with Gasteiger partial charge in [-0.1, -0.05) is 6.92 Å². The maximum atomic E-state index is 11.8. The summed E-state index contributed by atoms with van der Waals surface area (Å²) in [4.78, 5) is 11.8. The third-order valence-corrected chi connectivity index (χ3v) is 6.93. The number of rotatable bonds is 10. The summed E-state index contributed by atoms with van der Waals surface area (Å²) in [5, 5.41) is 84.4. The van der Waals surface area contributed by atoms with E-state index in [1.807, 2.05) is 6.92 Å². The van der Waals surface area contributed by atoms with Crippen LogP contribution in [-0.4, -0.2) is 159 Å². The Bertz CT molecular complexity index is 776. The van der Waals surface area contributed by atoms with E-state index in [0.717, 1.165) is 0 Å². The van der Waals surface area contributed by atoms with Gasteiger partial charge in [-0.3, -0.25) is 4.79 Å². The maximum absolute atomic E-state index is 11.8. The van der Waals surface area contributed by atoms with E-state index in [9.17, 15) is 45.6 Å². The minimum atomic E-state index is -1.79. The van der Waals surface area contributed by atoms with Crippen LogP contribution in [0.2, 0.25) is 0 Å². The van der Waals surface area contributed by atoms with Crippen LogP contribution in [0.3, 0.4) is 0 Å². The van der Waals surface area contributed by atoms with Crippen molar-refractivity contribution in [2.45, 2.75) is 119 Å². The van der Waals surface area contributed by atoms with Crippen molar-refractivity contribution >= 4 is 5.91 Å². The summed E-state index contributed by atoms with van der Waals surface area (Å²) < 4.78 is 34.6. The predicted octanol–water partition coefficient (Wildman–Crippen LogP) is -4.97. The van der Waals surface area contributed by atoms with E-state index in [-0.39, 0.29) is 6.61 Å². The molecule has 0 aromatic rings. The fraction of sp³-hybridized carbons (Fsp3) is 0.957. The lowest BCUT2D eigenvalue weighted by Gasteiger charge is -2.49. The first kappa shape index (κ1) is 32.4. The molecule has 0 aliphatic carbocycles. The highest BCUT2D eigenvalue weighted by Crippen LogP contribution is 2.33. The molecule has 0 aromatic carbocycles. The molecule has 0 bridgehead atoms. The highest BCUT2D eigenvalue weighted by atomic mass is 16.8. The zero-order valence-corrected chi connectivity index (χ0v) is 21.9. The Morgan fingerprint density at radius 1 is 0.744 bits per heavy atom. The molecule has 9 N–H and O–H groups in total. The molecule has 3 heterocycles. The molecule has 3 rings (SSSR count). The van der Waals surface area contributed by atoms with Gasteiger partial charge in [0, 0.05) is 13.5 Å². The third kappa shape index (κ3) is 7.22. The Labute approximate surface area is 224 Å². The molecule has 3 aliphatic rings. The topological polar surface area (TPSA) is 246 Å². The number of hydrogen-bond acceptors (Lipinski definition) is 15. The number of aliphatic hydroxyl groups excluding tert-OH is 8. The SMILES string of the molecule is CCCO[C@@H]1OC(C)[C@H](O)C(O[C@H]2OC(CO)[C@@H](O)C(O)C2O)[C@@H]1O[C@@H]1OC(CO)[C@@H](O)[C@H](O)C1NC(C)=O. The number of amides is 1. The fourth-order valence-corrected chi connectivity index (χ4v) is 4.73. The lowest BCUT2D eigenvalue weighted by atomic mass is 9.95. The van der Waals surface area contributed by atoms with Crippen molar-refractivity contribution in [2.24, 2.45) is 0 Å². The largest absolute Gasteiger partial charge is 0.394 e. The van der Waals surface area contributed by atoms with E-state index < -0.39 is 111 Å². The molecule has 228 valence electrons. The Hall–Kier alpha value is -1.09. The van der Waals surface area contributed by atoms with Crippen LogP contribution in [0.1, 0.15) is 27.2 Å². The summed E-state index contributed by atoms with van der Waals surface area (Å²) >= 11 is 0. The van der Waals surface area contributed by atoms with Gasteiger partial charge in [-0.05, 0) is 13.3 Å². The first-order chi connectivity index (χ1) is 18.4. The van der Waals surface area contributed by atoms with Gasteiger partial charge in [0.25, 0.3) is 0 Å². The molecule has 0 radical (unpaired) electrons. The molecule has 16 nitrogen and oxygen atoms in total. The van der Waals surface area contributed by atoms with E-state index in [2.05, 4.69) is 5.32 Å². The summed E-state index contributed by atoms with van der Waals surface area (Å²) in [6.07, 6.45) is -20.0. The Balaban J connectivity index is 1.93. The molecular formula is C23H41NO15. The molecule has 16 heteroatoms. The van der Waals surface area contributed by atoms with Crippen LogP contribution in [0.5, 0.6) is 0 Å². The van der Waals surface area contributed by atoms with E-state index in [4.69, 9.17) is 28.4 Å². The molecule has 15 atom stereocenters. The average molecular weight is 572 g/mol. The second-order valence-electron chi connectivity index (χ2n) is 9.90. The molecule has 3 aliphatic heterocycles. The normalized spacial score (nSPS) is 47.1. The molecule has 1 amide bonds. The number of carbonyl (C=O) groups excluding carboxylic acids is 1. The Kier molecular flexibility index (Phi) is 11.8. The van der Waals surface area contributed by atoms with Gasteiger partial charge in [0.2, 0.25) is 5.91 Å². The zero-order valence-electron chi connectivity index (χ0n) is 21.9. The molecule has 0 spiro atoms. The van der Waals surface area contributed by atoms with E-state index in [1.54, 1.807) is 0 Å². The van der Waals surface area contributed by atoms with Crippen molar-refractivity contribution < 1.29 is 74.1 Å². The Morgan fingerprint density at radius 2 is 1.31 bits per heavy atom. The van der Waals surface area contributed by atoms with Gasteiger partial charge in [-0.25, -0.2) is 0 Å². The molecular weight excluding hydrogens is 530 g/mol. The average Bonchev–Trinajstić information content (AvgIpc) is 2.90. The first-order valence-corrected chi connectivity index (χ1v) is 12.9. The van der Waals surface area contributed by atoms with E-state index in [0.29, 0.717) is 6.42 Å². The van der Waals surface area contributed by atoms with Crippen LogP contribution < -0.4 is 5.32 Å².